The van der Waals surface area contributed by atoms with Crippen LogP contribution in [0.2, 0.25) is 0 Å². The monoisotopic (exact) mass is 405 g/mol. The Labute approximate surface area is 167 Å². The Kier molecular flexibility index (Phi) is 6.69. The van der Waals surface area contributed by atoms with E-state index in [0.717, 1.165) is 38.8 Å². The zero-order valence-corrected chi connectivity index (χ0v) is 17.3. The molecule has 1 N–H and O–H groups in total. The highest BCUT2D eigenvalue weighted by molar-refractivity contribution is 7.89. The second-order valence-electron chi connectivity index (χ2n) is 7.44. The van der Waals surface area contributed by atoms with Crippen LogP contribution in [0.4, 0.5) is 10.1 Å². The molecule has 7 heteroatoms. The van der Waals surface area contributed by atoms with Gasteiger partial charge in [0.1, 0.15) is 5.82 Å². The Balaban J connectivity index is 1.46. The van der Waals surface area contributed by atoms with Gasteiger partial charge in [0, 0.05) is 37.9 Å². The average Bonchev–Trinajstić information content (AvgIpc) is 2.66. The molecule has 152 valence electrons. The fraction of sp³-hybridized carbons (Fsp3) is 0.429. The molecular formula is C21H28FN3O2S. The number of anilines is 1. The van der Waals surface area contributed by atoms with Crippen LogP contribution in [0.3, 0.4) is 0 Å². The van der Waals surface area contributed by atoms with Gasteiger partial charge in [-0.05, 0) is 62.7 Å². The number of halogens is 1. The summed E-state index contributed by atoms with van der Waals surface area (Å²) in [5.41, 5.74) is 2.52. The third-order valence-electron chi connectivity index (χ3n) is 5.08. The SMILES string of the molecule is Cc1cccc(N2CCN(CC[C@@H](C)NS(=O)(=O)c3cccc(F)c3)CC2)c1. The van der Waals surface area contributed by atoms with Gasteiger partial charge in [0.05, 0.1) is 4.90 Å². The number of rotatable bonds is 7. The third kappa shape index (κ3) is 5.53. The lowest BCUT2D eigenvalue weighted by molar-refractivity contribution is 0.248. The maximum atomic E-state index is 13.3. The second kappa shape index (κ2) is 9.03. The van der Waals surface area contributed by atoms with E-state index < -0.39 is 15.8 Å². The molecule has 0 amide bonds. The molecular weight excluding hydrogens is 377 g/mol. The molecule has 1 heterocycles. The lowest BCUT2D eigenvalue weighted by atomic mass is 10.2. The highest BCUT2D eigenvalue weighted by atomic mass is 32.2. The molecule has 5 nitrogen and oxygen atoms in total. The van der Waals surface area contributed by atoms with Crippen LogP contribution in [0, 0.1) is 12.7 Å². The van der Waals surface area contributed by atoms with E-state index in [1.165, 1.54) is 29.4 Å². The van der Waals surface area contributed by atoms with Crippen LogP contribution in [0.5, 0.6) is 0 Å². The summed E-state index contributed by atoms with van der Waals surface area (Å²) >= 11 is 0. The Morgan fingerprint density at radius 2 is 1.79 bits per heavy atom. The van der Waals surface area contributed by atoms with E-state index in [9.17, 15) is 12.8 Å². The molecule has 0 bridgehead atoms. The maximum Gasteiger partial charge on any atom is 0.240 e. The molecule has 1 aliphatic heterocycles. The third-order valence-corrected chi connectivity index (χ3v) is 6.67. The number of nitrogens with one attached hydrogen (secondary N) is 1. The van der Waals surface area contributed by atoms with Gasteiger partial charge in [0.15, 0.2) is 0 Å². The van der Waals surface area contributed by atoms with Gasteiger partial charge in [0.25, 0.3) is 0 Å². The van der Waals surface area contributed by atoms with Crippen LogP contribution in [0.25, 0.3) is 0 Å². The van der Waals surface area contributed by atoms with E-state index in [0.29, 0.717) is 6.42 Å². The number of hydrogen-bond donors (Lipinski definition) is 1. The minimum Gasteiger partial charge on any atom is -0.369 e. The van der Waals surface area contributed by atoms with Crippen molar-refractivity contribution in [2.24, 2.45) is 0 Å². The molecule has 1 fully saturated rings. The van der Waals surface area contributed by atoms with Gasteiger partial charge < -0.3 is 4.90 Å². The van der Waals surface area contributed by atoms with Crippen LogP contribution in [0.15, 0.2) is 53.4 Å². The first kappa shape index (κ1) is 20.8. The first-order valence-corrected chi connectivity index (χ1v) is 11.1. The Bertz CT molecular complexity index is 896. The first-order valence-electron chi connectivity index (χ1n) is 9.65. The molecule has 2 aromatic rings. The van der Waals surface area contributed by atoms with Crippen LogP contribution in [-0.2, 0) is 10.0 Å². The minimum atomic E-state index is -3.70. The number of sulfonamides is 1. The zero-order valence-electron chi connectivity index (χ0n) is 16.4. The molecule has 0 aliphatic carbocycles. The topological polar surface area (TPSA) is 52.6 Å². The quantitative estimate of drug-likeness (QED) is 0.769. The predicted molar refractivity (Wildman–Crippen MR) is 111 cm³/mol. The van der Waals surface area contributed by atoms with Crippen LogP contribution >= 0.6 is 0 Å². The summed E-state index contributed by atoms with van der Waals surface area (Å²) in [5.74, 6) is -0.554. The summed E-state index contributed by atoms with van der Waals surface area (Å²) in [7, 11) is -3.70. The lowest BCUT2D eigenvalue weighted by Gasteiger charge is -2.36. The van der Waals surface area contributed by atoms with Crippen molar-refractivity contribution in [1.29, 1.82) is 0 Å². The molecule has 3 rings (SSSR count). The zero-order chi connectivity index (χ0) is 20.1. The second-order valence-corrected chi connectivity index (χ2v) is 9.15. The van der Waals surface area contributed by atoms with Gasteiger partial charge in [-0.2, -0.15) is 0 Å². The summed E-state index contributed by atoms with van der Waals surface area (Å²) in [6.45, 7) is 8.62. The average molecular weight is 406 g/mol. The fourth-order valence-corrected chi connectivity index (χ4v) is 4.77. The predicted octanol–water partition coefficient (Wildman–Crippen LogP) is 3.01. The number of aryl methyl sites for hydroxylation is 1. The number of piperazine rings is 1. The van der Waals surface area contributed by atoms with E-state index >= 15 is 0 Å². The van der Waals surface area contributed by atoms with E-state index in [2.05, 4.69) is 45.7 Å². The van der Waals surface area contributed by atoms with Gasteiger partial charge in [-0.25, -0.2) is 17.5 Å². The maximum absolute atomic E-state index is 13.3. The van der Waals surface area contributed by atoms with E-state index in [-0.39, 0.29) is 10.9 Å². The van der Waals surface area contributed by atoms with Crippen molar-refractivity contribution in [2.75, 3.05) is 37.6 Å². The van der Waals surface area contributed by atoms with Gasteiger partial charge >= 0.3 is 0 Å². The van der Waals surface area contributed by atoms with Gasteiger partial charge in [0.2, 0.25) is 10.0 Å². The van der Waals surface area contributed by atoms with E-state index in [1.54, 1.807) is 0 Å². The van der Waals surface area contributed by atoms with Gasteiger partial charge in [-0.1, -0.05) is 18.2 Å². The molecule has 1 aliphatic rings. The largest absolute Gasteiger partial charge is 0.369 e. The fourth-order valence-electron chi connectivity index (χ4n) is 3.46. The molecule has 0 saturated carbocycles. The van der Waals surface area contributed by atoms with Gasteiger partial charge in [-0.15, -0.1) is 0 Å². The van der Waals surface area contributed by atoms with Crippen molar-refractivity contribution < 1.29 is 12.8 Å². The van der Waals surface area contributed by atoms with Crippen LogP contribution in [-0.4, -0.2) is 52.1 Å². The Hall–Kier alpha value is -1.96. The summed E-state index contributed by atoms with van der Waals surface area (Å²) in [5, 5.41) is 0. The van der Waals surface area contributed by atoms with Crippen LogP contribution < -0.4 is 9.62 Å². The number of nitrogens with zero attached hydrogens (tertiary/aromatic N) is 2. The smallest absolute Gasteiger partial charge is 0.240 e. The van der Waals surface area contributed by atoms with Crippen molar-refractivity contribution in [3.63, 3.8) is 0 Å². The minimum absolute atomic E-state index is 0.0360. The molecule has 1 saturated heterocycles. The molecule has 1 atom stereocenters. The van der Waals surface area contributed by atoms with Crippen molar-refractivity contribution in [1.82, 2.24) is 9.62 Å². The molecule has 0 aromatic heterocycles. The molecule has 2 aromatic carbocycles. The Morgan fingerprint density at radius 3 is 2.46 bits per heavy atom. The number of benzene rings is 2. The highest BCUT2D eigenvalue weighted by Gasteiger charge is 2.20. The Morgan fingerprint density at radius 1 is 1.07 bits per heavy atom. The van der Waals surface area contributed by atoms with Crippen molar-refractivity contribution in [3.8, 4) is 0 Å². The summed E-state index contributed by atoms with van der Waals surface area (Å²) in [6, 6.07) is 13.4. The number of hydrogen-bond acceptors (Lipinski definition) is 4. The summed E-state index contributed by atoms with van der Waals surface area (Å²) < 4.78 is 40.7. The standard InChI is InChI=1S/C21H28FN3O2S/c1-17-5-3-7-20(15-17)25-13-11-24(12-14-25)10-9-18(2)23-28(26,27)21-8-4-6-19(22)16-21/h3-8,15-16,18,23H,9-14H2,1-2H3/t18-/m1/s1. The van der Waals surface area contributed by atoms with Gasteiger partial charge in [-0.3, -0.25) is 4.90 Å². The lowest BCUT2D eigenvalue weighted by Crippen LogP contribution is -2.47. The summed E-state index contributed by atoms with van der Waals surface area (Å²) in [6.07, 6.45) is 0.707. The van der Waals surface area contributed by atoms with Crippen LogP contribution in [0.1, 0.15) is 18.9 Å². The van der Waals surface area contributed by atoms with Crippen molar-refractivity contribution >= 4 is 15.7 Å². The molecule has 28 heavy (non-hydrogen) atoms. The van der Waals surface area contributed by atoms with E-state index in [1.807, 2.05) is 6.92 Å². The first-order chi connectivity index (χ1) is 13.3. The summed E-state index contributed by atoms with van der Waals surface area (Å²) in [4.78, 5) is 4.71. The normalized spacial score (nSPS) is 16.9. The van der Waals surface area contributed by atoms with E-state index in [4.69, 9.17) is 0 Å². The molecule has 0 spiro atoms. The van der Waals surface area contributed by atoms with Crippen molar-refractivity contribution in [3.05, 3.63) is 59.9 Å². The molecule has 0 radical (unpaired) electrons. The van der Waals surface area contributed by atoms with Crippen molar-refractivity contribution in [2.45, 2.75) is 31.2 Å². The molecule has 0 unspecified atom stereocenters. The highest BCUT2D eigenvalue weighted by Crippen LogP contribution is 2.18.